The first-order valence-corrected chi connectivity index (χ1v) is 9.84. The summed E-state index contributed by atoms with van der Waals surface area (Å²) in [5.41, 5.74) is 0.892. The lowest BCUT2D eigenvalue weighted by molar-refractivity contribution is 0.0527. The lowest BCUT2D eigenvalue weighted by Gasteiger charge is -2.16. The van der Waals surface area contributed by atoms with Gasteiger partial charge in [0.2, 0.25) is 0 Å². The second kappa shape index (κ2) is 11.1. The number of hydrogen-bond donors (Lipinski definition) is 1. The first-order valence-electron chi connectivity index (χ1n) is 9.84. The maximum absolute atomic E-state index is 12.4. The number of benzene rings is 1. The van der Waals surface area contributed by atoms with Crippen molar-refractivity contribution in [2.24, 2.45) is 5.92 Å². The number of amides is 1. The maximum atomic E-state index is 12.4. The Morgan fingerprint density at radius 1 is 1.14 bits per heavy atom. The van der Waals surface area contributed by atoms with E-state index in [0.29, 0.717) is 18.2 Å². The zero-order chi connectivity index (χ0) is 20.4. The molecule has 1 aromatic carbocycles. The van der Waals surface area contributed by atoms with Crippen LogP contribution in [0.1, 0.15) is 56.8 Å². The predicted molar refractivity (Wildman–Crippen MR) is 108 cm³/mol. The molecule has 0 saturated carbocycles. The van der Waals surface area contributed by atoms with E-state index in [0.717, 1.165) is 25.7 Å². The molecule has 28 heavy (non-hydrogen) atoms. The number of anilines is 1. The van der Waals surface area contributed by atoms with Crippen molar-refractivity contribution in [2.75, 3.05) is 18.5 Å². The molecule has 1 atom stereocenters. The SMILES string of the molecule is CCCCC(CC)COC(=O)Nc1c(C(=O)OCC)cnn1-c1ccccc1. The molecule has 0 aliphatic carbocycles. The van der Waals surface area contributed by atoms with Crippen molar-refractivity contribution in [1.82, 2.24) is 9.78 Å². The molecule has 0 fully saturated rings. The highest BCUT2D eigenvalue weighted by atomic mass is 16.5. The summed E-state index contributed by atoms with van der Waals surface area (Å²) in [7, 11) is 0. The monoisotopic (exact) mass is 387 g/mol. The van der Waals surface area contributed by atoms with E-state index in [-0.39, 0.29) is 18.0 Å². The minimum Gasteiger partial charge on any atom is -0.462 e. The van der Waals surface area contributed by atoms with Crippen molar-refractivity contribution in [2.45, 2.75) is 46.5 Å². The molecule has 0 radical (unpaired) electrons. The number of para-hydroxylation sites is 1. The molecule has 0 spiro atoms. The van der Waals surface area contributed by atoms with Crippen molar-refractivity contribution in [1.29, 1.82) is 0 Å². The Kier molecular flexibility index (Phi) is 8.52. The number of hydrogen-bond acceptors (Lipinski definition) is 5. The molecular weight excluding hydrogens is 358 g/mol. The number of aromatic nitrogens is 2. The molecular formula is C21H29N3O4. The second-order valence-corrected chi connectivity index (χ2v) is 6.51. The molecule has 152 valence electrons. The zero-order valence-corrected chi connectivity index (χ0v) is 16.8. The Balaban J connectivity index is 2.16. The fourth-order valence-electron chi connectivity index (χ4n) is 2.82. The maximum Gasteiger partial charge on any atom is 0.412 e. The van der Waals surface area contributed by atoms with Gasteiger partial charge in [-0.15, -0.1) is 0 Å². The quantitative estimate of drug-likeness (QED) is 0.591. The van der Waals surface area contributed by atoms with Gasteiger partial charge in [-0.05, 0) is 31.4 Å². The highest BCUT2D eigenvalue weighted by molar-refractivity contribution is 5.98. The van der Waals surface area contributed by atoms with Crippen LogP contribution in [0.25, 0.3) is 5.69 Å². The van der Waals surface area contributed by atoms with Gasteiger partial charge in [-0.1, -0.05) is 51.3 Å². The molecule has 1 heterocycles. The van der Waals surface area contributed by atoms with Crippen LogP contribution in [0.3, 0.4) is 0 Å². The van der Waals surface area contributed by atoms with Gasteiger partial charge in [0.1, 0.15) is 5.56 Å². The molecule has 0 saturated heterocycles. The van der Waals surface area contributed by atoms with Crippen molar-refractivity contribution < 1.29 is 19.1 Å². The van der Waals surface area contributed by atoms with Gasteiger partial charge in [-0.25, -0.2) is 14.3 Å². The number of rotatable bonds is 10. The molecule has 7 heteroatoms. The normalized spacial score (nSPS) is 11.7. The first kappa shape index (κ1) is 21.5. The average molecular weight is 387 g/mol. The van der Waals surface area contributed by atoms with E-state index in [1.165, 1.54) is 10.9 Å². The van der Waals surface area contributed by atoms with Crippen molar-refractivity contribution in [3.8, 4) is 5.69 Å². The van der Waals surface area contributed by atoms with Crippen LogP contribution in [0.5, 0.6) is 0 Å². The molecule has 0 bridgehead atoms. The van der Waals surface area contributed by atoms with Gasteiger partial charge in [0.15, 0.2) is 5.82 Å². The molecule has 0 aliphatic heterocycles. The van der Waals surface area contributed by atoms with Crippen molar-refractivity contribution >= 4 is 17.9 Å². The topological polar surface area (TPSA) is 82.4 Å². The van der Waals surface area contributed by atoms with Crippen molar-refractivity contribution in [3.05, 3.63) is 42.1 Å². The fourth-order valence-corrected chi connectivity index (χ4v) is 2.82. The first-order chi connectivity index (χ1) is 13.6. The Hall–Kier alpha value is -2.83. The summed E-state index contributed by atoms with van der Waals surface area (Å²) in [5, 5.41) is 6.91. The van der Waals surface area contributed by atoms with Crippen LogP contribution in [-0.2, 0) is 9.47 Å². The lowest BCUT2D eigenvalue weighted by atomic mass is 10.0. The third-order valence-electron chi connectivity index (χ3n) is 4.48. The number of ether oxygens (including phenoxy) is 2. The number of esters is 1. The van der Waals surface area contributed by atoms with Crippen LogP contribution in [0.4, 0.5) is 10.6 Å². The fraction of sp³-hybridized carbons (Fsp3) is 0.476. The zero-order valence-electron chi connectivity index (χ0n) is 16.8. The van der Waals surface area contributed by atoms with Crippen LogP contribution in [0.15, 0.2) is 36.5 Å². The van der Waals surface area contributed by atoms with E-state index >= 15 is 0 Å². The van der Waals surface area contributed by atoms with Crippen LogP contribution < -0.4 is 5.32 Å². The molecule has 1 unspecified atom stereocenters. The van der Waals surface area contributed by atoms with Crippen LogP contribution >= 0.6 is 0 Å². The summed E-state index contributed by atoms with van der Waals surface area (Å²) in [4.78, 5) is 24.6. The molecule has 2 rings (SSSR count). The Morgan fingerprint density at radius 3 is 2.54 bits per heavy atom. The summed E-state index contributed by atoms with van der Waals surface area (Å²) >= 11 is 0. The summed E-state index contributed by atoms with van der Waals surface area (Å²) < 4.78 is 12.0. The molecule has 1 N–H and O–H groups in total. The van der Waals surface area contributed by atoms with Crippen LogP contribution in [0.2, 0.25) is 0 Å². The van der Waals surface area contributed by atoms with Gasteiger partial charge in [-0.2, -0.15) is 5.10 Å². The smallest absolute Gasteiger partial charge is 0.412 e. The van der Waals surface area contributed by atoms with E-state index in [4.69, 9.17) is 9.47 Å². The number of unbranched alkanes of at least 4 members (excludes halogenated alkanes) is 1. The third kappa shape index (κ3) is 5.84. The standard InChI is InChI=1S/C21H29N3O4/c1-4-7-11-16(5-2)15-28-21(26)23-19-18(20(25)27-6-3)14-22-24(19)17-12-9-8-10-13-17/h8-10,12-14,16H,4-7,11,15H2,1-3H3,(H,23,26). The molecule has 7 nitrogen and oxygen atoms in total. The van der Waals surface area contributed by atoms with Crippen LogP contribution in [-0.4, -0.2) is 35.1 Å². The van der Waals surface area contributed by atoms with Gasteiger partial charge < -0.3 is 9.47 Å². The minimum atomic E-state index is -0.613. The van der Waals surface area contributed by atoms with Crippen LogP contribution in [0, 0.1) is 5.92 Å². The third-order valence-corrected chi connectivity index (χ3v) is 4.48. The molecule has 2 aromatic rings. The highest BCUT2D eigenvalue weighted by Crippen LogP contribution is 2.22. The molecule has 1 aromatic heterocycles. The number of carbonyl (C=O) groups excluding carboxylic acids is 2. The average Bonchev–Trinajstić information content (AvgIpc) is 3.12. The lowest BCUT2D eigenvalue weighted by Crippen LogP contribution is -2.21. The number of nitrogens with zero attached hydrogens (tertiary/aromatic N) is 2. The van der Waals surface area contributed by atoms with E-state index in [1.54, 1.807) is 6.92 Å². The van der Waals surface area contributed by atoms with Gasteiger partial charge in [0.05, 0.1) is 25.1 Å². The van der Waals surface area contributed by atoms with Crippen molar-refractivity contribution in [3.63, 3.8) is 0 Å². The Morgan fingerprint density at radius 2 is 1.89 bits per heavy atom. The summed E-state index contributed by atoms with van der Waals surface area (Å²) in [5.74, 6) is 0.0138. The second-order valence-electron chi connectivity index (χ2n) is 6.51. The summed E-state index contributed by atoms with van der Waals surface area (Å²) in [6.07, 6.45) is 4.97. The largest absolute Gasteiger partial charge is 0.462 e. The van der Waals surface area contributed by atoms with Gasteiger partial charge in [0, 0.05) is 0 Å². The Labute approximate surface area is 166 Å². The molecule has 1 amide bonds. The van der Waals surface area contributed by atoms with E-state index < -0.39 is 12.1 Å². The van der Waals surface area contributed by atoms with E-state index in [1.807, 2.05) is 30.3 Å². The summed E-state index contributed by atoms with van der Waals surface area (Å²) in [6, 6.07) is 9.24. The van der Waals surface area contributed by atoms with E-state index in [2.05, 4.69) is 24.3 Å². The van der Waals surface area contributed by atoms with Gasteiger partial charge in [-0.3, -0.25) is 5.32 Å². The number of carbonyl (C=O) groups is 2. The minimum absolute atomic E-state index is 0.181. The van der Waals surface area contributed by atoms with E-state index in [9.17, 15) is 9.59 Å². The Bertz CT molecular complexity index is 758. The number of nitrogens with one attached hydrogen (secondary N) is 1. The van der Waals surface area contributed by atoms with Gasteiger partial charge >= 0.3 is 12.1 Å². The summed E-state index contributed by atoms with van der Waals surface area (Å²) in [6.45, 7) is 6.53. The molecule has 0 aliphatic rings. The van der Waals surface area contributed by atoms with Gasteiger partial charge in [0.25, 0.3) is 0 Å². The highest BCUT2D eigenvalue weighted by Gasteiger charge is 2.22. The predicted octanol–water partition coefficient (Wildman–Crippen LogP) is 4.81.